The second kappa shape index (κ2) is 5.58. The zero-order valence-corrected chi connectivity index (χ0v) is 10.1. The Balaban J connectivity index is 2.60. The Labute approximate surface area is 94.9 Å². The van der Waals surface area contributed by atoms with Gasteiger partial charge in [-0.3, -0.25) is 4.79 Å². The zero-order valence-electron chi connectivity index (χ0n) is 9.30. The predicted molar refractivity (Wildman–Crippen MR) is 55.9 cm³/mol. The van der Waals surface area contributed by atoms with Gasteiger partial charge in [-0.05, 0) is 6.92 Å². The fraction of sp³-hybridized carbons (Fsp3) is 0.875. The predicted octanol–water partition coefficient (Wildman–Crippen LogP) is -1.29. The molecule has 0 radical (unpaired) electrons. The molecule has 0 aromatic heterocycles. The molecule has 7 nitrogen and oxygen atoms in total. The second-order valence-electron chi connectivity index (χ2n) is 3.38. The van der Waals surface area contributed by atoms with E-state index < -0.39 is 22.2 Å². The molecule has 0 aromatic carbocycles. The smallest absolute Gasteiger partial charge is 0.323 e. The van der Waals surface area contributed by atoms with Crippen molar-refractivity contribution in [3.63, 3.8) is 0 Å². The van der Waals surface area contributed by atoms with E-state index in [0.29, 0.717) is 26.3 Å². The first kappa shape index (κ1) is 13.4. The fourth-order valence-corrected chi connectivity index (χ4v) is 2.63. The van der Waals surface area contributed by atoms with Crippen LogP contribution in [0.1, 0.15) is 6.92 Å². The minimum atomic E-state index is -3.64. The van der Waals surface area contributed by atoms with Crippen LogP contribution in [0.4, 0.5) is 0 Å². The number of carbonyl (C=O) groups excluding carboxylic acids is 1. The van der Waals surface area contributed by atoms with Crippen molar-refractivity contribution in [2.75, 3.05) is 33.4 Å². The molecular weight excluding hydrogens is 236 g/mol. The highest BCUT2D eigenvalue weighted by atomic mass is 32.2. The molecule has 0 saturated carbocycles. The topological polar surface area (TPSA) is 84.9 Å². The summed E-state index contributed by atoms with van der Waals surface area (Å²) in [6.07, 6.45) is 0. The SMILES string of the molecule is COC(=O)C(C)NS(=O)(=O)N1CCOCC1. The van der Waals surface area contributed by atoms with Crippen LogP contribution in [-0.2, 0) is 24.5 Å². The average Bonchev–Trinajstić information content (AvgIpc) is 2.28. The average molecular weight is 252 g/mol. The fourth-order valence-electron chi connectivity index (χ4n) is 1.31. The summed E-state index contributed by atoms with van der Waals surface area (Å²) in [5, 5.41) is 0. The van der Waals surface area contributed by atoms with Gasteiger partial charge >= 0.3 is 5.97 Å². The minimum absolute atomic E-state index is 0.295. The third-order valence-corrected chi connectivity index (χ3v) is 3.89. The maximum Gasteiger partial charge on any atom is 0.323 e. The van der Waals surface area contributed by atoms with Gasteiger partial charge in [-0.2, -0.15) is 17.4 Å². The summed E-state index contributed by atoms with van der Waals surface area (Å²) in [6, 6.07) is -0.891. The molecule has 1 atom stereocenters. The maximum atomic E-state index is 11.8. The van der Waals surface area contributed by atoms with Crippen LogP contribution < -0.4 is 4.72 Å². The van der Waals surface area contributed by atoms with E-state index in [1.54, 1.807) is 0 Å². The van der Waals surface area contributed by atoms with E-state index >= 15 is 0 Å². The van der Waals surface area contributed by atoms with Crippen LogP contribution >= 0.6 is 0 Å². The van der Waals surface area contributed by atoms with Gasteiger partial charge in [-0.1, -0.05) is 0 Å². The van der Waals surface area contributed by atoms with E-state index in [1.807, 2.05) is 0 Å². The maximum absolute atomic E-state index is 11.8. The lowest BCUT2D eigenvalue weighted by atomic mass is 10.4. The first-order chi connectivity index (χ1) is 7.47. The molecule has 0 bridgehead atoms. The van der Waals surface area contributed by atoms with E-state index in [0.717, 1.165) is 0 Å². The summed E-state index contributed by atoms with van der Waals surface area (Å²) in [7, 11) is -2.42. The first-order valence-electron chi connectivity index (χ1n) is 4.90. The molecule has 1 aliphatic heterocycles. The highest BCUT2D eigenvalue weighted by molar-refractivity contribution is 7.87. The summed E-state index contributed by atoms with van der Waals surface area (Å²) in [4.78, 5) is 11.1. The number of hydrogen-bond acceptors (Lipinski definition) is 5. The normalized spacial score (nSPS) is 20.4. The van der Waals surface area contributed by atoms with Crippen molar-refractivity contribution < 1.29 is 22.7 Å². The largest absolute Gasteiger partial charge is 0.468 e. The Hall–Kier alpha value is -0.700. The molecule has 0 amide bonds. The summed E-state index contributed by atoms with van der Waals surface area (Å²) in [6.45, 7) is 2.76. The third kappa shape index (κ3) is 3.41. The second-order valence-corrected chi connectivity index (χ2v) is 5.08. The number of esters is 1. The van der Waals surface area contributed by atoms with Crippen molar-refractivity contribution in [2.45, 2.75) is 13.0 Å². The summed E-state index contributed by atoms with van der Waals surface area (Å²) >= 11 is 0. The van der Waals surface area contributed by atoms with Crippen LogP contribution in [0.5, 0.6) is 0 Å². The van der Waals surface area contributed by atoms with E-state index in [2.05, 4.69) is 9.46 Å². The number of methoxy groups -OCH3 is 1. The van der Waals surface area contributed by atoms with Crippen LogP contribution in [0.3, 0.4) is 0 Å². The molecule has 1 rings (SSSR count). The van der Waals surface area contributed by atoms with E-state index in [4.69, 9.17) is 4.74 Å². The molecule has 8 heteroatoms. The molecule has 1 unspecified atom stereocenters. The molecule has 1 fully saturated rings. The van der Waals surface area contributed by atoms with Gasteiger partial charge in [0, 0.05) is 13.1 Å². The van der Waals surface area contributed by atoms with Crippen LogP contribution in [0.25, 0.3) is 0 Å². The highest BCUT2D eigenvalue weighted by Gasteiger charge is 2.28. The minimum Gasteiger partial charge on any atom is -0.468 e. The number of rotatable bonds is 4. The standard InChI is InChI=1S/C8H16N2O5S/c1-7(8(11)14-2)9-16(12,13)10-3-5-15-6-4-10/h7,9H,3-6H2,1-2H3. The molecule has 0 spiro atoms. The van der Waals surface area contributed by atoms with Crippen molar-refractivity contribution in [2.24, 2.45) is 0 Å². The van der Waals surface area contributed by atoms with Gasteiger partial charge in [0.15, 0.2) is 0 Å². The van der Waals surface area contributed by atoms with Gasteiger partial charge in [-0.15, -0.1) is 0 Å². The lowest BCUT2D eigenvalue weighted by molar-refractivity contribution is -0.142. The number of hydrogen-bond donors (Lipinski definition) is 1. The Bertz CT molecular complexity index is 336. The molecule has 16 heavy (non-hydrogen) atoms. The Morgan fingerprint density at radius 3 is 2.50 bits per heavy atom. The number of nitrogens with one attached hydrogen (secondary N) is 1. The lowest BCUT2D eigenvalue weighted by Crippen LogP contribution is -2.50. The quantitative estimate of drug-likeness (QED) is 0.630. The van der Waals surface area contributed by atoms with Gasteiger partial charge in [-0.25, -0.2) is 0 Å². The highest BCUT2D eigenvalue weighted by Crippen LogP contribution is 2.04. The summed E-state index contributed by atoms with van der Waals surface area (Å²) < 4.78 is 36.5. The molecule has 94 valence electrons. The molecule has 1 heterocycles. The van der Waals surface area contributed by atoms with E-state index in [1.165, 1.54) is 18.3 Å². The zero-order chi connectivity index (χ0) is 12.2. The van der Waals surface area contributed by atoms with Crippen molar-refractivity contribution in [3.05, 3.63) is 0 Å². The van der Waals surface area contributed by atoms with Crippen molar-refractivity contribution >= 4 is 16.2 Å². The first-order valence-corrected chi connectivity index (χ1v) is 6.34. The van der Waals surface area contributed by atoms with Gasteiger partial charge in [0.2, 0.25) is 0 Å². The van der Waals surface area contributed by atoms with Gasteiger partial charge in [0.05, 0.1) is 20.3 Å². The molecule has 1 saturated heterocycles. The summed E-state index contributed by atoms with van der Waals surface area (Å²) in [5.74, 6) is -0.614. The number of morpholine rings is 1. The van der Waals surface area contributed by atoms with Crippen molar-refractivity contribution in [3.8, 4) is 0 Å². The van der Waals surface area contributed by atoms with Crippen LogP contribution in [0.2, 0.25) is 0 Å². The monoisotopic (exact) mass is 252 g/mol. The van der Waals surface area contributed by atoms with E-state index in [9.17, 15) is 13.2 Å². The van der Waals surface area contributed by atoms with Crippen LogP contribution in [-0.4, -0.2) is 58.1 Å². The van der Waals surface area contributed by atoms with Crippen molar-refractivity contribution in [1.29, 1.82) is 0 Å². The summed E-state index contributed by atoms with van der Waals surface area (Å²) in [5.41, 5.74) is 0. The van der Waals surface area contributed by atoms with E-state index in [-0.39, 0.29) is 0 Å². The van der Waals surface area contributed by atoms with Crippen LogP contribution in [0, 0.1) is 0 Å². The Kier molecular flexibility index (Phi) is 4.66. The molecule has 1 aliphatic rings. The Morgan fingerprint density at radius 1 is 1.44 bits per heavy atom. The molecular formula is C8H16N2O5S. The lowest BCUT2D eigenvalue weighted by Gasteiger charge is -2.27. The van der Waals surface area contributed by atoms with Gasteiger partial charge in [0.25, 0.3) is 10.2 Å². The van der Waals surface area contributed by atoms with Gasteiger partial charge < -0.3 is 9.47 Å². The number of ether oxygens (including phenoxy) is 2. The van der Waals surface area contributed by atoms with Crippen molar-refractivity contribution in [1.82, 2.24) is 9.03 Å². The molecule has 0 aromatic rings. The Morgan fingerprint density at radius 2 is 2.00 bits per heavy atom. The van der Waals surface area contributed by atoms with Crippen LogP contribution in [0.15, 0.2) is 0 Å². The number of nitrogens with zero attached hydrogens (tertiary/aromatic N) is 1. The van der Waals surface area contributed by atoms with Gasteiger partial charge in [0.1, 0.15) is 6.04 Å². The molecule has 0 aliphatic carbocycles. The third-order valence-electron chi connectivity index (χ3n) is 2.19. The number of carbonyl (C=O) groups is 1. The molecule has 1 N–H and O–H groups in total.